The topological polar surface area (TPSA) is 38.3 Å². The van der Waals surface area contributed by atoms with Gasteiger partial charge in [-0.3, -0.25) is 4.79 Å². The van der Waals surface area contributed by atoms with Gasteiger partial charge in [-0.2, -0.15) is 0 Å². The van der Waals surface area contributed by atoms with Crippen LogP contribution in [0, 0.1) is 0 Å². The van der Waals surface area contributed by atoms with Crippen LogP contribution in [0.4, 0.5) is 5.69 Å². The summed E-state index contributed by atoms with van der Waals surface area (Å²) >= 11 is 12.5. The zero-order valence-electron chi connectivity index (χ0n) is 9.39. The van der Waals surface area contributed by atoms with Crippen molar-refractivity contribution in [1.29, 1.82) is 0 Å². The molecule has 0 aliphatic rings. The number of carbonyl (C=O) groups is 1. The Morgan fingerprint density at radius 3 is 2.76 bits per heavy atom. The molecule has 0 saturated carbocycles. The Morgan fingerprint density at radius 1 is 1.59 bits per heavy atom. The molecule has 0 radical (unpaired) electrons. The highest BCUT2D eigenvalue weighted by Crippen LogP contribution is 2.36. The molecule has 1 N–H and O–H groups in total. The molecule has 1 aromatic carbocycles. The Balaban J connectivity index is 3.07. The van der Waals surface area contributed by atoms with Gasteiger partial charge in [0.05, 0.1) is 21.6 Å². The van der Waals surface area contributed by atoms with E-state index in [1.807, 2.05) is 6.92 Å². The van der Waals surface area contributed by atoms with E-state index in [1.165, 1.54) is 0 Å². The van der Waals surface area contributed by atoms with E-state index < -0.39 is 0 Å². The Labute approximate surface area is 122 Å². The zero-order chi connectivity index (χ0) is 13.0. The van der Waals surface area contributed by atoms with Crippen LogP contribution in [0.25, 0.3) is 0 Å². The fourth-order valence-electron chi connectivity index (χ4n) is 1.18. The van der Waals surface area contributed by atoms with Crippen LogP contribution < -0.4 is 10.1 Å². The van der Waals surface area contributed by atoms with Crippen LogP contribution >= 0.6 is 43.5 Å². The fraction of sp³-hybridized carbons (Fsp3) is 0.364. The predicted octanol–water partition coefficient (Wildman–Crippen LogP) is 4.22. The van der Waals surface area contributed by atoms with Crippen molar-refractivity contribution in [3.8, 4) is 5.75 Å². The molecule has 0 fully saturated rings. The van der Waals surface area contributed by atoms with Gasteiger partial charge in [-0.15, -0.1) is 0 Å². The third-order valence-corrected chi connectivity index (χ3v) is 3.14. The van der Waals surface area contributed by atoms with Crippen molar-refractivity contribution in [2.75, 3.05) is 11.9 Å². The normalized spacial score (nSPS) is 12.1. The summed E-state index contributed by atoms with van der Waals surface area (Å²) < 4.78 is 6.18. The first-order valence-corrected chi connectivity index (χ1v) is 7.11. The molecule has 0 spiro atoms. The molecule has 0 aromatic heterocycles. The maximum absolute atomic E-state index is 11.6. The third-order valence-electron chi connectivity index (χ3n) is 1.92. The number of alkyl halides is 1. The molecule has 0 heterocycles. The van der Waals surface area contributed by atoms with Gasteiger partial charge in [0.1, 0.15) is 0 Å². The first kappa shape index (κ1) is 14.8. The van der Waals surface area contributed by atoms with Gasteiger partial charge in [0.25, 0.3) is 0 Å². The minimum Gasteiger partial charge on any atom is -0.491 e. The van der Waals surface area contributed by atoms with E-state index >= 15 is 0 Å². The summed E-state index contributed by atoms with van der Waals surface area (Å²) in [5.41, 5.74) is 0.558. The maximum Gasteiger partial charge on any atom is 0.237 e. The summed E-state index contributed by atoms with van der Waals surface area (Å²) in [6.07, 6.45) is 0. The van der Waals surface area contributed by atoms with Crippen molar-refractivity contribution in [3.05, 3.63) is 21.6 Å². The second kappa shape index (κ2) is 6.61. The molecule has 94 valence electrons. The number of anilines is 1. The lowest BCUT2D eigenvalue weighted by molar-refractivity contribution is -0.115. The highest BCUT2D eigenvalue weighted by molar-refractivity contribution is 9.10. The van der Waals surface area contributed by atoms with Gasteiger partial charge < -0.3 is 10.1 Å². The van der Waals surface area contributed by atoms with E-state index in [9.17, 15) is 4.79 Å². The van der Waals surface area contributed by atoms with Crippen molar-refractivity contribution in [3.63, 3.8) is 0 Å². The molecule has 6 heteroatoms. The minimum absolute atomic E-state index is 0.153. The van der Waals surface area contributed by atoms with Crippen LogP contribution in [-0.4, -0.2) is 17.3 Å². The number of nitrogens with one attached hydrogen (secondary N) is 1. The molecule has 1 unspecified atom stereocenters. The number of amides is 1. The molecule has 3 nitrogen and oxygen atoms in total. The zero-order valence-corrected chi connectivity index (χ0v) is 13.3. The summed E-state index contributed by atoms with van der Waals surface area (Å²) in [4.78, 5) is 11.3. The van der Waals surface area contributed by atoms with Gasteiger partial charge in [0, 0.05) is 5.02 Å². The van der Waals surface area contributed by atoms with Crippen LogP contribution in [-0.2, 0) is 4.79 Å². The Hall–Kier alpha value is -0.260. The van der Waals surface area contributed by atoms with E-state index in [0.29, 0.717) is 27.5 Å². The summed E-state index contributed by atoms with van der Waals surface area (Å²) in [6.45, 7) is 4.13. The summed E-state index contributed by atoms with van der Waals surface area (Å²) in [5, 5.41) is 3.28. The van der Waals surface area contributed by atoms with E-state index in [-0.39, 0.29) is 10.7 Å². The van der Waals surface area contributed by atoms with Crippen molar-refractivity contribution < 1.29 is 9.53 Å². The molecule has 1 amide bonds. The van der Waals surface area contributed by atoms with Crippen LogP contribution in [0.1, 0.15) is 13.8 Å². The molecule has 1 rings (SSSR count). The average molecular weight is 385 g/mol. The first-order valence-electron chi connectivity index (χ1n) is 5.02. The number of carbonyl (C=O) groups excluding carboxylic acids is 1. The van der Waals surface area contributed by atoms with Crippen LogP contribution in [0.5, 0.6) is 5.75 Å². The van der Waals surface area contributed by atoms with Crippen LogP contribution in [0.15, 0.2) is 16.6 Å². The van der Waals surface area contributed by atoms with Crippen molar-refractivity contribution >= 4 is 55.1 Å². The Kier molecular flexibility index (Phi) is 5.76. The molecule has 0 aliphatic carbocycles. The second-order valence-corrected chi connectivity index (χ2v) is 5.97. The van der Waals surface area contributed by atoms with Gasteiger partial charge in [-0.05, 0) is 41.9 Å². The van der Waals surface area contributed by atoms with Crippen molar-refractivity contribution in [1.82, 2.24) is 0 Å². The maximum atomic E-state index is 11.6. The SMILES string of the molecule is CCOc1c(Br)cc(Cl)cc1NC(=O)C(C)Br. The fourth-order valence-corrected chi connectivity index (χ4v) is 2.22. The second-order valence-electron chi connectivity index (χ2n) is 3.30. The van der Waals surface area contributed by atoms with E-state index in [4.69, 9.17) is 16.3 Å². The number of benzene rings is 1. The van der Waals surface area contributed by atoms with E-state index in [0.717, 1.165) is 0 Å². The van der Waals surface area contributed by atoms with E-state index in [1.54, 1.807) is 19.1 Å². The summed E-state index contributed by atoms with van der Waals surface area (Å²) in [7, 11) is 0. The highest BCUT2D eigenvalue weighted by Gasteiger charge is 2.15. The number of hydrogen-bond donors (Lipinski definition) is 1. The van der Waals surface area contributed by atoms with Gasteiger partial charge in [-0.25, -0.2) is 0 Å². The number of hydrogen-bond acceptors (Lipinski definition) is 2. The van der Waals surface area contributed by atoms with Crippen molar-refractivity contribution in [2.24, 2.45) is 0 Å². The van der Waals surface area contributed by atoms with E-state index in [2.05, 4.69) is 37.2 Å². The lowest BCUT2D eigenvalue weighted by Gasteiger charge is -2.14. The summed E-state index contributed by atoms with van der Waals surface area (Å²) in [5.74, 6) is 0.429. The Bertz CT molecular complexity index is 424. The predicted molar refractivity (Wildman–Crippen MR) is 77.3 cm³/mol. The van der Waals surface area contributed by atoms with Crippen LogP contribution in [0.2, 0.25) is 5.02 Å². The Morgan fingerprint density at radius 2 is 2.24 bits per heavy atom. The van der Waals surface area contributed by atoms with Gasteiger partial charge in [0.15, 0.2) is 5.75 Å². The first-order chi connectivity index (χ1) is 7.95. The molecular weight excluding hydrogens is 373 g/mol. The molecular formula is C11H12Br2ClNO2. The molecule has 17 heavy (non-hydrogen) atoms. The monoisotopic (exact) mass is 383 g/mol. The number of halogens is 3. The number of ether oxygens (including phenoxy) is 1. The molecule has 1 atom stereocenters. The summed E-state index contributed by atoms with van der Waals surface area (Å²) in [6, 6.07) is 3.38. The lowest BCUT2D eigenvalue weighted by atomic mass is 10.2. The largest absolute Gasteiger partial charge is 0.491 e. The molecule has 0 bridgehead atoms. The van der Waals surface area contributed by atoms with Crippen molar-refractivity contribution in [2.45, 2.75) is 18.7 Å². The van der Waals surface area contributed by atoms with Gasteiger partial charge in [0.2, 0.25) is 5.91 Å². The third kappa shape index (κ3) is 4.16. The minimum atomic E-state index is -0.283. The molecule has 0 saturated heterocycles. The molecule has 0 aliphatic heterocycles. The lowest BCUT2D eigenvalue weighted by Crippen LogP contribution is -2.20. The van der Waals surface area contributed by atoms with Crippen LogP contribution in [0.3, 0.4) is 0 Å². The standard InChI is InChI=1S/C11H12Br2ClNO2/c1-3-17-10-8(13)4-7(14)5-9(10)15-11(16)6(2)12/h4-6H,3H2,1-2H3,(H,15,16). The number of rotatable bonds is 4. The smallest absolute Gasteiger partial charge is 0.237 e. The molecule has 1 aromatic rings. The van der Waals surface area contributed by atoms with Gasteiger partial charge >= 0.3 is 0 Å². The van der Waals surface area contributed by atoms with Gasteiger partial charge in [-0.1, -0.05) is 27.5 Å². The highest BCUT2D eigenvalue weighted by atomic mass is 79.9. The quantitative estimate of drug-likeness (QED) is 0.788. The average Bonchev–Trinajstić information content (AvgIpc) is 2.22.